The number of aromatic nitrogens is 1. The fourth-order valence-electron chi connectivity index (χ4n) is 3.15. The zero-order valence-electron chi connectivity index (χ0n) is 14.9. The molecule has 1 aromatic carbocycles. The molecular formula is C20H23N5O2. The van der Waals surface area contributed by atoms with Gasteiger partial charge in [0, 0.05) is 48.1 Å². The number of aromatic hydroxyl groups is 1. The molecule has 7 heteroatoms. The van der Waals surface area contributed by atoms with E-state index in [1.807, 2.05) is 12.1 Å². The Hall–Kier alpha value is -3.66. The van der Waals surface area contributed by atoms with Crippen molar-refractivity contribution in [2.24, 2.45) is 5.73 Å². The summed E-state index contributed by atoms with van der Waals surface area (Å²) in [6, 6.07) is 8.84. The summed E-state index contributed by atoms with van der Waals surface area (Å²) in [6.45, 7) is 8.38. The summed E-state index contributed by atoms with van der Waals surface area (Å²) in [5.41, 5.74) is 14.9. The first-order valence-corrected chi connectivity index (χ1v) is 8.40. The fourth-order valence-corrected chi connectivity index (χ4v) is 3.15. The number of para-hydroxylation sites is 1. The number of benzene rings is 1. The number of H-pyrrole nitrogens is 1. The molecule has 3 rings (SSSR count). The van der Waals surface area contributed by atoms with E-state index in [9.17, 15) is 9.90 Å². The molecule has 2 aromatic rings. The summed E-state index contributed by atoms with van der Waals surface area (Å²) in [7, 11) is 0. The van der Waals surface area contributed by atoms with Crippen molar-refractivity contribution in [3.63, 3.8) is 0 Å². The van der Waals surface area contributed by atoms with Crippen LogP contribution >= 0.6 is 0 Å². The Bertz CT molecular complexity index is 881. The lowest BCUT2D eigenvalue weighted by Gasteiger charge is -2.13. The number of likely N-dealkylation sites (tertiary alicyclic amines) is 1. The number of nitrogens with one attached hydrogen (secondary N) is 1. The molecule has 140 valence electrons. The van der Waals surface area contributed by atoms with Gasteiger partial charge in [0.15, 0.2) is 0 Å². The molecule has 2 heterocycles. The first-order chi connectivity index (χ1) is 13.0. The van der Waals surface area contributed by atoms with Crippen molar-refractivity contribution in [2.45, 2.75) is 12.3 Å². The monoisotopic (exact) mass is 365 g/mol. The summed E-state index contributed by atoms with van der Waals surface area (Å²) < 4.78 is 0. The van der Waals surface area contributed by atoms with Crippen LogP contribution in [0.15, 0.2) is 43.0 Å². The number of hydrogen-bond acceptors (Lipinski definition) is 5. The number of rotatable bonds is 4. The second kappa shape index (κ2) is 8.63. The molecule has 1 aliphatic rings. The van der Waals surface area contributed by atoms with E-state index in [1.54, 1.807) is 29.2 Å². The van der Waals surface area contributed by atoms with Gasteiger partial charge >= 0.3 is 0 Å². The van der Waals surface area contributed by atoms with Gasteiger partial charge in [-0.3, -0.25) is 4.79 Å². The maximum absolute atomic E-state index is 11.7. The summed E-state index contributed by atoms with van der Waals surface area (Å²) in [6.07, 6.45) is 3.95. The zero-order chi connectivity index (χ0) is 20.0. The highest BCUT2D eigenvalue weighted by Gasteiger charge is 2.27. The highest BCUT2D eigenvalue weighted by atomic mass is 16.3. The van der Waals surface area contributed by atoms with Gasteiger partial charge in [0.1, 0.15) is 11.6 Å². The Morgan fingerprint density at radius 2 is 2.11 bits per heavy atom. The maximum atomic E-state index is 11.7. The number of hydrogen-bond donors (Lipinski definition) is 4. The lowest BCUT2D eigenvalue weighted by Crippen LogP contribution is -2.26. The average Bonchev–Trinajstić information content (AvgIpc) is 3.30. The van der Waals surface area contributed by atoms with Gasteiger partial charge in [0.25, 0.3) is 0 Å². The molecule has 0 spiro atoms. The summed E-state index contributed by atoms with van der Waals surface area (Å²) in [5, 5.41) is 16.4. The highest BCUT2D eigenvalue weighted by Crippen LogP contribution is 2.31. The molecule has 1 fully saturated rings. The Labute approximate surface area is 158 Å². The van der Waals surface area contributed by atoms with Crippen LogP contribution in [-0.4, -0.2) is 34.0 Å². The number of nitrogens with two attached hydrogens (primary N) is 2. The third kappa shape index (κ3) is 4.30. The second-order valence-corrected chi connectivity index (χ2v) is 6.18. The van der Waals surface area contributed by atoms with E-state index >= 15 is 0 Å². The van der Waals surface area contributed by atoms with Crippen LogP contribution in [0.1, 0.15) is 29.2 Å². The van der Waals surface area contributed by atoms with Gasteiger partial charge in [-0.05, 0) is 36.8 Å². The molecule has 0 aliphatic carbocycles. The Kier molecular flexibility index (Phi) is 6.28. The molecule has 1 unspecified atom stereocenters. The molecule has 1 aliphatic heterocycles. The van der Waals surface area contributed by atoms with E-state index in [0.717, 1.165) is 17.7 Å². The van der Waals surface area contributed by atoms with E-state index in [-0.39, 0.29) is 17.6 Å². The van der Waals surface area contributed by atoms with Crippen LogP contribution in [0.25, 0.3) is 11.8 Å². The Morgan fingerprint density at radius 1 is 1.41 bits per heavy atom. The van der Waals surface area contributed by atoms with Crippen LogP contribution < -0.4 is 11.5 Å². The van der Waals surface area contributed by atoms with E-state index in [4.69, 9.17) is 16.7 Å². The van der Waals surface area contributed by atoms with Gasteiger partial charge in [-0.1, -0.05) is 18.7 Å². The maximum Gasteiger partial charge on any atom is 0.245 e. The number of phenols is 1. The van der Waals surface area contributed by atoms with E-state index < -0.39 is 0 Å². The molecule has 27 heavy (non-hydrogen) atoms. The smallest absolute Gasteiger partial charge is 0.245 e. The molecular weight excluding hydrogens is 342 g/mol. The first kappa shape index (κ1) is 19.7. The molecule has 1 aromatic heterocycles. The van der Waals surface area contributed by atoms with Crippen molar-refractivity contribution in [1.82, 2.24) is 9.88 Å². The van der Waals surface area contributed by atoms with Crippen LogP contribution in [0.4, 0.5) is 5.82 Å². The van der Waals surface area contributed by atoms with Gasteiger partial charge in [0.2, 0.25) is 5.91 Å². The summed E-state index contributed by atoms with van der Waals surface area (Å²) in [4.78, 5) is 16.7. The van der Waals surface area contributed by atoms with Crippen molar-refractivity contribution in [2.75, 3.05) is 18.8 Å². The van der Waals surface area contributed by atoms with Crippen molar-refractivity contribution < 1.29 is 9.90 Å². The number of nitrogens with zero attached hydrogens (tertiary/aromatic N) is 2. The SMILES string of the molecule is C#N.C=CC(=O)N1CCC(c2cc(/C=C(\N)c3ccccc3O)c(N)[nH]2)C1. The Balaban J connectivity index is 0.00000126. The van der Waals surface area contributed by atoms with Gasteiger partial charge in [-0.25, -0.2) is 5.26 Å². The van der Waals surface area contributed by atoms with Crippen LogP contribution in [0.5, 0.6) is 5.75 Å². The van der Waals surface area contributed by atoms with Crippen molar-refractivity contribution in [1.29, 1.82) is 5.26 Å². The van der Waals surface area contributed by atoms with Crippen LogP contribution in [0, 0.1) is 11.8 Å². The quantitative estimate of drug-likeness (QED) is 0.618. The number of phenolic OH excluding ortho intramolecular Hbond substituents is 1. The molecule has 0 bridgehead atoms. The average molecular weight is 365 g/mol. The normalized spacial score (nSPS) is 16.4. The first-order valence-electron chi connectivity index (χ1n) is 8.40. The molecule has 0 saturated carbocycles. The number of carbonyl (C=O) groups is 1. The zero-order valence-corrected chi connectivity index (χ0v) is 14.9. The number of aromatic amines is 1. The standard InChI is InChI=1S/C19H22N4O2.CHN/c1-2-18(25)23-8-7-12(11-23)16-10-13(19(21)22-16)9-15(20)14-5-3-4-6-17(14)24;1-2/h2-6,9-10,12,22,24H,1,7-8,11,20-21H2;1H/b15-9-;. The Morgan fingerprint density at radius 3 is 2.78 bits per heavy atom. The van der Waals surface area contributed by atoms with Crippen LogP contribution in [-0.2, 0) is 4.79 Å². The predicted octanol–water partition coefficient (Wildman–Crippen LogP) is 2.40. The summed E-state index contributed by atoms with van der Waals surface area (Å²) >= 11 is 0. The molecule has 1 atom stereocenters. The third-order valence-corrected chi connectivity index (χ3v) is 4.54. The van der Waals surface area contributed by atoms with Crippen molar-refractivity contribution in [3.05, 3.63) is 59.8 Å². The molecule has 1 saturated heterocycles. The van der Waals surface area contributed by atoms with Crippen molar-refractivity contribution >= 4 is 23.5 Å². The topological polar surface area (TPSA) is 132 Å². The lowest BCUT2D eigenvalue weighted by molar-refractivity contribution is -0.125. The largest absolute Gasteiger partial charge is 0.507 e. The van der Waals surface area contributed by atoms with Gasteiger partial charge in [0.05, 0.1) is 0 Å². The molecule has 0 radical (unpaired) electrons. The van der Waals surface area contributed by atoms with Crippen LogP contribution in [0.2, 0.25) is 0 Å². The van der Waals surface area contributed by atoms with Gasteiger partial charge in [-0.2, -0.15) is 0 Å². The van der Waals surface area contributed by atoms with Crippen LogP contribution in [0.3, 0.4) is 0 Å². The molecule has 1 amide bonds. The molecule has 6 N–H and O–H groups in total. The lowest BCUT2D eigenvalue weighted by atomic mass is 10.0. The highest BCUT2D eigenvalue weighted by molar-refractivity contribution is 5.87. The molecule has 7 nitrogen and oxygen atoms in total. The number of anilines is 1. The fraction of sp³-hybridized carbons (Fsp3) is 0.200. The van der Waals surface area contributed by atoms with E-state index in [1.165, 1.54) is 6.08 Å². The van der Waals surface area contributed by atoms with E-state index in [0.29, 0.717) is 30.2 Å². The van der Waals surface area contributed by atoms with Gasteiger partial charge in [-0.15, -0.1) is 0 Å². The number of carbonyl (C=O) groups excluding carboxylic acids is 1. The summed E-state index contributed by atoms with van der Waals surface area (Å²) in [5.74, 6) is 0.799. The predicted molar refractivity (Wildman–Crippen MR) is 106 cm³/mol. The van der Waals surface area contributed by atoms with Crippen molar-refractivity contribution in [3.8, 4) is 12.3 Å². The third-order valence-electron chi connectivity index (χ3n) is 4.54. The van der Waals surface area contributed by atoms with Gasteiger partial charge < -0.3 is 26.5 Å². The number of amides is 1. The number of nitriles is 1. The minimum absolute atomic E-state index is 0.0501. The second-order valence-electron chi connectivity index (χ2n) is 6.18. The van der Waals surface area contributed by atoms with E-state index in [2.05, 4.69) is 18.1 Å². The minimum atomic E-state index is -0.0501. The minimum Gasteiger partial charge on any atom is -0.507 e. The number of nitrogen functional groups attached to an aromatic ring is 1.